The summed E-state index contributed by atoms with van der Waals surface area (Å²) in [6.07, 6.45) is -8.30. The van der Waals surface area contributed by atoms with Crippen molar-refractivity contribution in [2.75, 3.05) is 25.0 Å². The molecule has 2 aromatic rings. The fraction of sp³-hybridized carbons (Fsp3) is 0.364. The number of nitrogens with one attached hydrogen (secondary N) is 1. The van der Waals surface area contributed by atoms with Crippen LogP contribution in [0.15, 0.2) is 48.5 Å². The molecule has 33 heavy (non-hydrogen) atoms. The van der Waals surface area contributed by atoms with Gasteiger partial charge in [-0.25, -0.2) is 0 Å². The Hall–Kier alpha value is -3.24. The molecule has 1 fully saturated rings. The first-order chi connectivity index (χ1) is 15.4. The van der Waals surface area contributed by atoms with Crippen LogP contribution in [0.5, 0.6) is 5.75 Å². The molecule has 0 saturated carbocycles. The van der Waals surface area contributed by atoms with E-state index in [2.05, 4.69) is 10.1 Å². The Labute approximate surface area is 185 Å². The van der Waals surface area contributed by atoms with Crippen molar-refractivity contribution >= 4 is 17.5 Å². The first-order valence-corrected chi connectivity index (χ1v) is 9.99. The molecule has 1 aliphatic rings. The molecule has 1 aliphatic heterocycles. The third-order valence-corrected chi connectivity index (χ3v) is 5.12. The zero-order valence-corrected chi connectivity index (χ0v) is 17.2. The summed E-state index contributed by atoms with van der Waals surface area (Å²) >= 11 is 0. The third-order valence-electron chi connectivity index (χ3n) is 5.12. The Kier molecular flexibility index (Phi) is 7.19. The Morgan fingerprint density at radius 3 is 2.18 bits per heavy atom. The smallest absolute Gasteiger partial charge is 0.422 e. The molecule has 1 heterocycles. The summed E-state index contributed by atoms with van der Waals surface area (Å²) in [4.78, 5) is 26.6. The van der Waals surface area contributed by atoms with E-state index >= 15 is 0 Å². The number of halogens is 6. The summed E-state index contributed by atoms with van der Waals surface area (Å²) in [6, 6.07) is 9.53. The Morgan fingerprint density at radius 1 is 0.970 bits per heavy atom. The maximum atomic E-state index is 12.7. The molecule has 2 aromatic carbocycles. The average Bonchev–Trinajstić information content (AvgIpc) is 2.76. The number of piperidine rings is 1. The fourth-order valence-electron chi connectivity index (χ4n) is 3.40. The highest BCUT2D eigenvalue weighted by Crippen LogP contribution is 2.30. The number of ether oxygens (including phenoxy) is 1. The van der Waals surface area contributed by atoms with Crippen molar-refractivity contribution in [3.63, 3.8) is 0 Å². The van der Waals surface area contributed by atoms with Gasteiger partial charge < -0.3 is 15.0 Å². The van der Waals surface area contributed by atoms with E-state index in [1.54, 1.807) is 0 Å². The lowest BCUT2D eigenvalue weighted by molar-refractivity contribution is -0.153. The molecule has 178 valence electrons. The lowest BCUT2D eigenvalue weighted by Crippen LogP contribution is -2.41. The molecule has 2 amide bonds. The molecule has 3 rings (SSSR count). The molecule has 0 spiro atoms. The van der Waals surface area contributed by atoms with E-state index in [0.29, 0.717) is 12.8 Å². The normalized spacial score (nSPS) is 15.3. The topological polar surface area (TPSA) is 58.6 Å². The average molecular weight is 474 g/mol. The number of alkyl halides is 6. The van der Waals surface area contributed by atoms with Crippen LogP contribution in [-0.4, -0.2) is 42.6 Å². The summed E-state index contributed by atoms with van der Waals surface area (Å²) in [6.45, 7) is -0.963. The van der Waals surface area contributed by atoms with E-state index in [-0.39, 0.29) is 36.0 Å². The quantitative estimate of drug-likeness (QED) is 0.611. The highest BCUT2D eigenvalue weighted by atomic mass is 19.4. The number of likely N-dealkylation sites (tertiary alicyclic amines) is 1. The number of nitrogens with zero attached hydrogens (tertiary/aromatic N) is 1. The summed E-state index contributed by atoms with van der Waals surface area (Å²) in [5.41, 5.74) is -0.438. The van der Waals surface area contributed by atoms with Crippen molar-refractivity contribution in [1.82, 2.24) is 4.90 Å². The van der Waals surface area contributed by atoms with E-state index < -0.39 is 36.3 Å². The van der Waals surface area contributed by atoms with Gasteiger partial charge in [-0.15, -0.1) is 0 Å². The molecule has 0 aromatic heterocycles. The molecule has 0 radical (unpaired) electrons. The Morgan fingerprint density at radius 2 is 1.61 bits per heavy atom. The van der Waals surface area contributed by atoms with Gasteiger partial charge in [-0.3, -0.25) is 9.59 Å². The summed E-state index contributed by atoms with van der Waals surface area (Å²) < 4.78 is 79.5. The standard InChI is InChI=1S/C22H20F6N2O3/c23-21(24,25)13-33-18-3-1-2-17(12-18)29-19(31)14-8-10-30(11-9-14)20(32)15-4-6-16(7-5-15)22(26,27)28/h1-7,12,14H,8-11,13H2,(H,29,31). The monoisotopic (exact) mass is 474 g/mol. The fourth-order valence-corrected chi connectivity index (χ4v) is 3.40. The molecular formula is C22H20F6N2O3. The minimum absolute atomic E-state index is 0.0397. The highest BCUT2D eigenvalue weighted by molar-refractivity contribution is 5.95. The molecular weight excluding hydrogens is 454 g/mol. The second kappa shape index (κ2) is 9.72. The largest absolute Gasteiger partial charge is 0.484 e. The van der Waals surface area contributed by atoms with Crippen LogP contribution in [0.25, 0.3) is 0 Å². The van der Waals surface area contributed by atoms with Gasteiger partial charge in [-0.05, 0) is 49.2 Å². The van der Waals surface area contributed by atoms with Crippen LogP contribution in [0.4, 0.5) is 32.0 Å². The number of anilines is 1. The molecule has 0 atom stereocenters. The van der Waals surface area contributed by atoms with Crippen molar-refractivity contribution < 1.29 is 40.7 Å². The van der Waals surface area contributed by atoms with E-state index in [0.717, 1.165) is 24.3 Å². The Bertz CT molecular complexity index is 981. The van der Waals surface area contributed by atoms with Gasteiger partial charge in [0.05, 0.1) is 5.56 Å². The summed E-state index contributed by atoms with van der Waals surface area (Å²) in [7, 11) is 0. The van der Waals surface area contributed by atoms with E-state index in [1.165, 1.54) is 29.2 Å². The molecule has 0 bridgehead atoms. The lowest BCUT2D eigenvalue weighted by Gasteiger charge is -2.31. The first-order valence-electron chi connectivity index (χ1n) is 9.99. The first kappa shape index (κ1) is 24.4. The lowest BCUT2D eigenvalue weighted by atomic mass is 9.95. The van der Waals surface area contributed by atoms with Crippen molar-refractivity contribution in [3.05, 3.63) is 59.7 Å². The van der Waals surface area contributed by atoms with E-state index in [9.17, 15) is 35.9 Å². The molecule has 1 N–H and O–H groups in total. The van der Waals surface area contributed by atoms with Gasteiger partial charge in [0.2, 0.25) is 5.91 Å². The van der Waals surface area contributed by atoms with Crippen LogP contribution in [0.1, 0.15) is 28.8 Å². The number of carbonyl (C=O) groups excluding carboxylic acids is 2. The van der Waals surface area contributed by atoms with Crippen molar-refractivity contribution in [2.45, 2.75) is 25.2 Å². The van der Waals surface area contributed by atoms with Gasteiger partial charge in [0.15, 0.2) is 6.61 Å². The van der Waals surface area contributed by atoms with Gasteiger partial charge >= 0.3 is 12.4 Å². The molecule has 11 heteroatoms. The summed E-state index contributed by atoms with van der Waals surface area (Å²) in [5.74, 6) is -1.23. The molecule has 0 unspecified atom stereocenters. The van der Waals surface area contributed by atoms with Crippen molar-refractivity contribution in [1.29, 1.82) is 0 Å². The van der Waals surface area contributed by atoms with Crippen LogP contribution in [-0.2, 0) is 11.0 Å². The summed E-state index contributed by atoms with van der Waals surface area (Å²) in [5, 5.41) is 2.64. The van der Waals surface area contributed by atoms with E-state index in [1.807, 2.05) is 0 Å². The van der Waals surface area contributed by atoms with E-state index in [4.69, 9.17) is 0 Å². The van der Waals surface area contributed by atoms with Crippen molar-refractivity contribution in [2.24, 2.45) is 5.92 Å². The maximum Gasteiger partial charge on any atom is 0.422 e. The van der Waals surface area contributed by atoms with Crippen LogP contribution in [0, 0.1) is 5.92 Å². The number of benzene rings is 2. The Balaban J connectivity index is 1.52. The van der Waals surface area contributed by atoms with Gasteiger partial charge in [0.1, 0.15) is 5.75 Å². The number of amides is 2. The SMILES string of the molecule is O=C(Nc1cccc(OCC(F)(F)F)c1)C1CCN(C(=O)c2ccc(C(F)(F)F)cc2)CC1. The minimum atomic E-state index is -4.49. The molecule has 1 saturated heterocycles. The van der Waals surface area contributed by atoms with Crippen molar-refractivity contribution in [3.8, 4) is 5.75 Å². The second-order valence-electron chi connectivity index (χ2n) is 7.56. The van der Waals surface area contributed by atoms with Gasteiger partial charge in [0.25, 0.3) is 5.91 Å². The maximum absolute atomic E-state index is 12.7. The number of carbonyl (C=O) groups is 2. The van der Waals surface area contributed by atoms with Gasteiger partial charge in [-0.2, -0.15) is 26.3 Å². The predicted molar refractivity (Wildman–Crippen MR) is 107 cm³/mol. The zero-order chi connectivity index (χ0) is 24.2. The predicted octanol–water partition coefficient (Wildman–Crippen LogP) is 5.14. The highest BCUT2D eigenvalue weighted by Gasteiger charge is 2.32. The third kappa shape index (κ3) is 6.87. The minimum Gasteiger partial charge on any atom is -0.484 e. The molecule has 0 aliphatic carbocycles. The number of hydrogen-bond acceptors (Lipinski definition) is 3. The van der Waals surface area contributed by atoms with Gasteiger partial charge in [0, 0.05) is 36.3 Å². The van der Waals surface area contributed by atoms with Crippen LogP contribution in [0.2, 0.25) is 0 Å². The van der Waals surface area contributed by atoms with Gasteiger partial charge in [-0.1, -0.05) is 6.07 Å². The van der Waals surface area contributed by atoms with Crippen LogP contribution < -0.4 is 10.1 Å². The van der Waals surface area contributed by atoms with Crippen LogP contribution >= 0.6 is 0 Å². The zero-order valence-electron chi connectivity index (χ0n) is 17.2. The number of hydrogen-bond donors (Lipinski definition) is 1. The number of rotatable bonds is 5. The molecule has 5 nitrogen and oxygen atoms in total. The van der Waals surface area contributed by atoms with Crippen LogP contribution in [0.3, 0.4) is 0 Å². The second-order valence-corrected chi connectivity index (χ2v) is 7.56.